The summed E-state index contributed by atoms with van der Waals surface area (Å²) in [7, 11) is 0. The summed E-state index contributed by atoms with van der Waals surface area (Å²) >= 11 is 1.86. The molecule has 0 N–H and O–H groups in total. The first-order valence-corrected chi connectivity index (χ1v) is 17.0. The number of anilines is 3. The normalized spacial score (nSPS) is 16.7. The first kappa shape index (κ1) is 26.6. The van der Waals surface area contributed by atoms with Crippen LogP contribution in [0.15, 0.2) is 164 Å². The van der Waals surface area contributed by atoms with E-state index in [4.69, 9.17) is 4.74 Å². The van der Waals surface area contributed by atoms with Crippen LogP contribution in [0.4, 0.5) is 17.1 Å². The van der Waals surface area contributed by atoms with Crippen molar-refractivity contribution in [3.05, 3.63) is 175 Å². The third kappa shape index (κ3) is 4.24. The minimum atomic E-state index is 0.0307. The molecule has 0 amide bonds. The van der Waals surface area contributed by atoms with E-state index < -0.39 is 0 Å². The Morgan fingerprint density at radius 3 is 2.09 bits per heavy atom. The average Bonchev–Trinajstić information content (AvgIpc) is 3.70. The lowest BCUT2D eigenvalue weighted by atomic mass is 9.81. The van der Waals surface area contributed by atoms with Crippen LogP contribution in [0.25, 0.3) is 47.3 Å². The van der Waals surface area contributed by atoms with Crippen molar-refractivity contribution in [3.63, 3.8) is 0 Å². The molecule has 1 aliphatic heterocycles. The zero-order valence-corrected chi connectivity index (χ0v) is 26.3. The van der Waals surface area contributed by atoms with Gasteiger partial charge in [0.2, 0.25) is 0 Å². The maximum absolute atomic E-state index is 6.33. The number of benzene rings is 7. The van der Waals surface area contributed by atoms with Crippen molar-refractivity contribution in [2.75, 3.05) is 4.90 Å². The van der Waals surface area contributed by atoms with Gasteiger partial charge in [0.05, 0.1) is 5.92 Å². The number of fused-ring (bicyclic) bond motifs is 9. The van der Waals surface area contributed by atoms with Crippen LogP contribution < -0.4 is 9.64 Å². The van der Waals surface area contributed by atoms with Gasteiger partial charge in [0, 0.05) is 42.8 Å². The smallest absolute Gasteiger partial charge is 0.128 e. The molecule has 47 heavy (non-hydrogen) atoms. The van der Waals surface area contributed by atoms with Crippen LogP contribution in [0.2, 0.25) is 0 Å². The zero-order valence-electron chi connectivity index (χ0n) is 25.5. The summed E-state index contributed by atoms with van der Waals surface area (Å²) in [4.78, 5) is 2.41. The first-order chi connectivity index (χ1) is 23.3. The highest BCUT2D eigenvalue weighted by molar-refractivity contribution is 7.25. The monoisotopic (exact) mass is 619 g/mol. The lowest BCUT2D eigenvalue weighted by Gasteiger charge is -2.27. The van der Waals surface area contributed by atoms with Gasteiger partial charge in [-0.05, 0) is 93.4 Å². The molecule has 2 aliphatic rings. The SMILES string of the molecule is C1=C[C@@H]2Oc3ccccc3C2C(c2ccc(N(c3ccc4ccc5ccccc5c4c3)c3ccc4sc5ccccc5c4c3)cc2)=C1. The van der Waals surface area contributed by atoms with E-state index in [1.54, 1.807) is 0 Å². The van der Waals surface area contributed by atoms with Gasteiger partial charge in [-0.1, -0.05) is 103 Å². The predicted molar refractivity (Wildman–Crippen MR) is 200 cm³/mol. The molecule has 0 radical (unpaired) electrons. The second kappa shape index (κ2) is 10.4. The van der Waals surface area contributed by atoms with E-state index in [0.717, 1.165) is 22.8 Å². The minimum absolute atomic E-state index is 0.0307. The molecule has 1 unspecified atom stereocenters. The highest BCUT2D eigenvalue weighted by atomic mass is 32.1. The average molecular weight is 620 g/mol. The largest absolute Gasteiger partial charge is 0.485 e. The number of hydrogen-bond acceptors (Lipinski definition) is 3. The topological polar surface area (TPSA) is 12.5 Å². The zero-order chi connectivity index (χ0) is 30.9. The molecule has 0 saturated carbocycles. The summed E-state index contributed by atoms with van der Waals surface area (Å²) < 4.78 is 8.95. The van der Waals surface area contributed by atoms with Gasteiger partial charge in [0.25, 0.3) is 0 Å². The lowest BCUT2D eigenvalue weighted by Crippen LogP contribution is -2.19. The molecule has 1 aromatic heterocycles. The highest BCUT2D eigenvalue weighted by Gasteiger charge is 2.36. The maximum Gasteiger partial charge on any atom is 0.128 e. The minimum Gasteiger partial charge on any atom is -0.485 e. The molecule has 2 atom stereocenters. The molecule has 0 spiro atoms. The molecule has 3 heteroatoms. The first-order valence-electron chi connectivity index (χ1n) is 16.2. The Morgan fingerprint density at radius 2 is 1.19 bits per heavy atom. The number of hydrogen-bond donors (Lipinski definition) is 0. The molecule has 0 fully saturated rings. The Balaban J connectivity index is 1.13. The molecule has 2 heterocycles. The summed E-state index contributed by atoms with van der Waals surface area (Å²) in [6.45, 7) is 0. The summed E-state index contributed by atoms with van der Waals surface area (Å²) in [6, 6.07) is 53.2. The Bertz CT molecular complexity index is 2570. The Morgan fingerprint density at radius 1 is 0.532 bits per heavy atom. The molecule has 7 aromatic carbocycles. The Kier molecular flexibility index (Phi) is 5.91. The summed E-state index contributed by atoms with van der Waals surface area (Å²) in [5, 5.41) is 7.63. The van der Waals surface area contributed by atoms with Crippen molar-refractivity contribution >= 4 is 75.7 Å². The van der Waals surface area contributed by atoms with Gasteiger partial charge >= 0.3 is 0 Å². The van der Waals surface area contributed by atoms with Crippen molar-refractivity contribution in [1.29, 1.82) is 0 Å². The number of rotatable bonds is 4. The molecule has 0 bridgehead atoms. The number of allylic oxidation sites excluding steroid dienone is 2. The number of thiophene rings is 1. The molecular formula is C44H29NOS. The van der Waals surface area contributed by atoms with Crippen molar-refractivity contribution < 1.29 is 4.74 Å². The molecule has 222 valence electrons. The van der Waals surface area contributed by atoms with Crippen LogP contribution in [-0.4, -0.2) is 6.10 Å². The number of nitrogens with zero attached hydrogens (tertiary/aromatic N) is 1. The van der Waals surface area contributed by atoms with E-state index in [9.17, 15) is 0 Å². The van der Waals surface area contributed by atoms with Gasteiger partial charge < -0.3 is 9.64 Å². The van der Waals surface area contributed by atoms with E-state index in [2.05, 4.69) is 169 Å². The van der Waals surface area contributed by atoms with Gasteiger partial charge in [-0.3, -0.25) is 0 Å². The Hall–Kier alpha value is -5.64. The molecule has 10 rings (SSSR count). The molecule has 0 saturated heterocycles. The molecule has 2 nitrogen and oxygen atoms in total. The van der Waals surface area contributed by atoms with E-state index in [1.807, 2.05) is 11.3 Å². The van der Waals surface area contributed by atoms with Crippen molar-refractivity contribution in [3.8, 4) is 5.75 Å². The van der Waals surface area contributed by atoms with Gasteiger partial charge in [-0.25, -0.2) is 0 Å². The highest BCUT2D eigenvalue weighted by Crippen LogP contribution is 2.48. The summed E-state index contributed by atoms with van der Waals surface area (Å²) in [5.41, 5.74) is 7.18. The van der Waals surface area contributed by atoms with Gasteiger partial charge in [-0.2, -0.15) is 0 Å². The van der Waals surface area contributed by atoms with Crippen molar-refractivity contribution in [1.82, 2.24) is 0 Å². The molecule has 1 aliphatic carbocycles. The quantitative estimate of drug-likeness (QED) is 0.182. The second-order valence-electron chi connectivity index (χ2n) is 12.5. The van der Waals surface area contributed by atoms with Crippen molar-refractivity contribution in [2.45, 2.75) is 12.0 Å². The second-order valence-corrected chi connectivity index (χ2v) is 13.5. The van der Waals surface area contributed by atoms with E-state index in [-0.39, 0.29) is 12.0 Å². The summed E-state index contributed by atoms with van der Waals surface area (Å²) in [5.74, 6) is 1.18. The number of ether oxygens (including phenoxy) is 1. The van der Waals surface area contributed by atoms with Crippen LogP contribution in [-0.2, 0) is 0 Å². The summed E-state index contributed by atoms with van der Waals surface area (Å²) in [6.07, 6.45) is 6.60. The Labute approximate surface area is 277 Å². The predicted octanol–water partition coefficient (Wildman–Crippen LogP) is 12.3. The van der Waals surface area contributed by atoms with Crippen molar-refractivity contribution in [2.24, 2.45) is 0 Å². The van der Waals surface area contributed by atoms with Crippen LogP contribution in [0.5, 0.6) is 5.75 Å². The van der Waals surface area contributed by atoms with Gasteiger partial charge in [0.1, 0.15) is 11.9 Å². The van der Waals surface area contributed by atoms with Crippen LogP contribution in [0, 0.1) is 0 Å². The van der Waals surface area contributed by atoms with Crippen LogP contribution in [0.1, 0.15) is 17.0 Å². The number of para-hydroxylation sites is 1. The van der Waals surface area contributed by atoms with E-state index in [1.165, 1.54) is 58.4 Å². The van der Waals surface area contributed by atoms with Gasteiger partial charge in [0.15, 0.2) is 0 Å². The molecule has 8 aromatic rings. The lowest BCUT2D eigenvalue weighted by molar-refractivity contribution is 0.271. The maximum atomic E-state index is 6.33. The van der Waals surface area contributed by atoms with Gasteiger partial charge in [-0.15, -0.1) is 11.3 Å². The molecular weight excluding hydrogens is 591 g/mol. The third-order valence-corrected chi connectivity index (χ3v) is 11.0. The standard InChI is InChI=1S/C44H29NOS/c1-2-9-34-28(8-1)16-17-30-20-23-32(26-38(30)34)45(33-24-25-43-39(27-33)36-10-4-6-15-42(36)47-43)31-21-18-29(19-22-31)35-12-7-14-41-44(35)37-11-3-5-13-40(37)46-41/h1-27,41,44H/t41-,44?/m0/s1. The fourth-order valence-corrected chi connectivity index (χ4v) is 8.70. The van der Waals surface area contributed by atoms with Crippen LogP contribution in [0.3, 0.4) is 0 Å². The third-order valence-electron chi connectivity index (χ3n) is 9.82. The van der Waals surface area contributed by atoms with Crippen LogP contribution >= 0.6 is 11.3 Å². The van der Waals surface area contributed by atoms with E-state index >= 15 is 0 Å². The van der Waals surface area contributed by atoms with E-state index in [0.29, 0.717) is 0 Å². The fourth-order valence-electron chi connectivity index (χ4n) is 7.61. The fraction of sp³-hybridized carbons (Fsp3) is 0.0455.